The molecule has 0 saturated carbocycles. The number of nitro benzene ring substituents is 1. The zero-order chi connectivity index (χ0) is 16.7. The van der Waals surface area contributed by atoms with Crippen LogP contribution in [-0.2, 0) is 15.3 Å². The van der Waals surface area contributed by atoms with E-state index in [0.717, 1.165) is 16.9 Å². The molecule has 0 amide bonds. The number of ether oxygens (including phenoxy) is 1. The monoisotopic (exact) mass is 332 g/mol. The fraction of sp³-hybridized carbons (Fsp3) is 0.188. The van der Waals surface area contributed by atoms with Crippen LogP contribution in [0.5, 0.6) is 0 Å². The van der Waals surface area contributed by atoms with Crippen LogP contribution >= 0.6 is 11.8 Å². The first-order valence-electron chi connectivity index (χ1n) is 6.83. The van der Waals surface area contributed by atoms with Crippen molar-refractivity contribution in [1.82, 2.24) is 0 Å². The molecule has 0 saturated heterocycles. The maximum atomic E-state index is 11.1. The molecule has 0 aromatic heterocycles. The fourth-order valence-electron chi connectivity index (χ4n) is 1.88. The van der Waals surface area contributed by atoms with Crippen molar-refractivity contribution in [3.05, 3.63) is 64.2 Å². The summed E-state index contributed by atoms with van der Waals surface area (Å²) in [6.07, 6.45) is 0. The Balaban J connectivity index is 1.96. The summed E-state index contributed by atoms with van der Waals surface area (Å²) in [6.45, 7) is 0. The third-order valence-electron chi connectivity index (χ3n) is 3.01. The van der Waals surface area contributed by atoms with E-state index in [1.54, 1.807) is 12.1 Å². The lowest BCUT2D eigenvalue weighted by Crippen LogP contribution is -2.03. The highest BCUT2D eigenvalue weighted by Gasteiger charge is 2.05. The number of carbonyl (C=O) groups excluding carboxylic acids is 1. The van der Waals surface area contributed by atoms with Crippen LogP contribution in [0.25, 0.3) is 0 Å². The number of nitrogens with zero attached hydrogens (tertiary/aromatic N) is 1. The Hall–Kier alpha value is -2.54. The molecule has 6 nitrogen and oxygen atoms in total. The quantitative estimate of drug-likeness (QED) is 0.472. The Kier molecular flexibility index (Phi) is 5.99. The SMILES string of the molecule is COC(=O)CSCc1cccc(Nc2ccc([N+](=O)[O-])cc2)c1. The number of non-ortho nitro benzene ring substituents is 1. The molecule has 0 heterocycles. The first-order valence-corrected chi connectivity index (χ1v) is 7.99. The molecule has 0 atom stereocenters. The summed E-state index contributed by atoms with van der Waals surface area (Å²) in [5.74, 6) is 0.775. The predicted octanol–water partition coefficient (Wildman–Crippen LogP) is 3.74. The highest BCUT2D eigenvalue weighted by atomic mass is 32.2. The number of benzene rings is 2. The third-order valence-corrected chi connectivity index (χ3v) is 3.99. The molecule has 0 radical (unpaired) electrons. The van der Waals surface area contributed by atoms with Crippen molar-refractivity contribution in [1.29, 1.82) is 0 Å². The highest BCUT2D eigenvalue weighted by Crippen LogP contribution is 2.22. The lowest BCUT2D eigenvalue weighted by molar-refractivity contribution is -0.384. The van der Waals surface area contributed by atoms with Crippen molar-refractivity contribution in [2.45, 2.75) is 5.75 Å². The van der Waals surface area contributed by atoms with Gasteiger partial charge < -0.3 is 10.1 Å². The molecule has 2 aromatic carbocycles. The average molecular weight is 332 g/mol. The van der Waals surface area contributed by atoms with Gasteiger partial charge in [-0.1, -0.05) is 12.1 Å². The number of hydrogen-bond acceptors (Lipinski definition) is 6. The number of carbonyl (C=O) groups is 1. The van der Waals surface area contributed by atoms with Crippen LogP contribution in [0.1, 0.15) is 5.56 Å². The van der Waals surface area contributed by atoms with Gasteiger partial charge in [-0.25, -0.2) is 0 Å². The summed E-state index contributed by atoms with van der Waals surface area (Å²) in [7, 11) is 1.37. The number of esters is 1. The van der Waals surface area contributed by atoms with E-state index in [1.807, 2.05) is 24.3 Å². The molecule has 0 aliphatic heterocycles. The summed E-state index contributed by atoms with van der Waals surface area (Å²) in [4.78, 5) is 21.3. The summed E-state index contributed by atoms with van der Waals surface area (Å²) in [5.41, 5.74) is 2.79. The zero-order valence-electron chi connectivity index (χ0n) is 12.5. The number of methoxy groups -OCH3 is 1. The topological polar surface area (TPSA) is 81.5 Å². The van der Waals surface area contributed by atoms with Crippen LogP contribution in [-0.4, -0.2) is 23.8 Å². The number of nitrogens with one attached hydrogen (secondary N) is 1. The maximum Gasteiger partial charge on any atom is 0.315 e. The minimum atomic E-state index is -0.428. The van der Waals surface area contributed by atoms with Crippen LogP contribution in [0, 0.1) is 10.1 Å². The maximum absolute atomic E-state index is 11.1. The molecule has 120 valence electrons. The van der Waals surface area contributed by atoms with Crippen LogP contribution in [0.3, 0.4) is 0 Å². The van der Waals surface area contributed by atoms with Crippen LogP contribution in [0.2, 0.25) is 0 Å². The molecule has 0 fully saturated rings. The lowest BCUT2D eigenvalue weighted by Gasteiger charge is -2.08. The first kappa shape index (κ1) is 16.8. The zero-order valence-corrected chi connectivity index (χ0v) is 13.3. The summed E-state index contributed by atoms with van der Waals surface area (Å²) in [5, 5.41) is 13.8. The standard InChI is InChI=1S/C16H16N2O4S/c1-22-16(19)11-23-10-12-3-2-4-14(9-12)17-13-5-7-15(8-6-13)18(20)21/h2-9,17H,10-11H2,1H3. The van der Waals surface area contributed by atoms with Gasteiger partial charge >= 0.3 is 5.97 Å². The first-order chi connectivity index (χ1) is 11.1. The van der Waals surface area contributed by atoms with E-state index in [-0.39, 0.29) is 11.7 Å². The Bertz CT molecular complexity index is 689. The molecule has 0 bridgehead atoms. The Morgan fingerprint density at radius 1 is 1.22 bits per heavy atom. The van der Waals surface area contributed by atoms with Gasteiger partial charge in [0.1, 0.15) is 0 Å². The summed E-state index contributed by atoms with van der Waals surface area (Å²) < 4.78 is 4.60. The Morgan fingerprint density at radius 3 is 2.61 bits per heavy atom. The van der Waals surface area contributed by atoms with Gasteiger partial charge in [0.05, 0.1) is 17.8 Å². The van der Waals surface area contributed by atoms with Crippen LogP contribution in [0.15, 0.2) is 48.5 Å². The number of thioether (sulfide) groups is 1. The second-order valence-corrected chi connectivity index (χ2v) is 5.68. The van der Waals surface area contributed by atoms with E-state index in [4.69, 9.17) is 0 Å². The van der Waals surface area contributed by atoms with Gasteiger partial charge in [0.25, 0.3) is 5.69 Å². The molecule has 0 aliphatic carbocycles. The van der Waals surface area contributed by atoms with Gasteiger partial charge in [-0.05, 0) is 29.8 Å². The van der Waals surface area contributed by atoms with Crippen molar-refractivity contribution in [2.24, 2.45) is 0 Å². The van der Waals surface area contributed by atoms with E-state index < -0.39 is 4.92 Å². The summed E-state index contributed by atoms with van der Waals surface area (Å²) in [6, 6.07) is 14.0. The van der Waals surface area contributed by atoms with Gasteiger partial charge in [-0.2, -0.15) is 0 Å². The molecule has 23 heavy (non-hydrogen) atoms. The van der Waals surface area contributed by atoms with Gasteiger partial charge in [-0.15, -0.1) is 11.8 Å². The average Bonchev–Trinajstić information content (AvgIpc) is 2.55. The van der Waals surface area contributed by atoms with Gasteiger partial charge in [0.15, 0.2) is 0 Å². The molecule has 1 N–H and O–H groups in total. The normalized spacial score (nSPS) is 10.1. The Labute approximate surface area is 138 Å². The number of rotatable bonds is 7. The lowest BCUT2D eigenvalue weighted by atomic mass is 10.2. The Morgan fingerprint density at radius 2 is 1.96 bits per heavy atom. The van der Waals surface area contributed by atoms with E-state index in [0.29, 0.717) is 11.5 Å². The minimum Gasteiger partial charge on any atom is -0.468 e. The highest BCUT2D eigenvalue weighted by molar-refractivity contribution is 7.99. The second-order valence-electron chi connectivity index (χ2n) is 4.70. The number of hydrogen-bond donors (Lipinski definition) is 1. The van der Waals surface area contributed by atoms with E-state index in [1.165, 1.54) is 31.0 Å². The van der Waals surface area contributed by atoms with E-state index >= 15 is 0 Å². The summed E-state index contributed by atoms with van der Waals surface area (Å²) >= 11 is 1.48. The van der Waals surface area contributed by atoms with Gasteiger partial charge in [-0.3, -0.25) is 14.9 Å². The molecule has 0 spiro atoms. The smallest absolute Gasteiger partial charge is 0.315 e. The second kappa shape index (κ2) is 8.19. The predicted molar refractivity (Wildman–Crippen MR) is 91.0 cm³/mol. The van der Waals surface area contributed by atoms with Crippen molar-refractivity contribution in [3.8, 4) is 0 Å². The number of nitro groups is 1. The van der Waals surface area contributed by atoms with Crippen molar-refractivity contribution >= 4 is 34.8 Å². The minimum absolute atomic E-state index is 0.0588. The van der Waals surface area contributed by atoms with E-state index in [9.17, 15) is 14.9 Å². The molecule has 2 rings (SSSR count). The molecule has 2 aromatic rings. The molecular formula is C16H16N2O4S. The molecular weight excluding hydrogens is 316 g/mol. The van der Waals surface area contributed by atoms with Crippen LogP contribution < -0.4 is 5.32 Å². The van der Waals surface area contributed by atoms with Gasteiger partial charge in [0.2, 0.25) is 0 Å². The molecule has 7 heteroatoms. The molecule has 0 aliphatic rings. The van der Waals surface area contributed by atoms with Crippen LogP contribution in [0.4, 0.5) is 17.1 Å². The van der Waals surface area contributed by atoms with Gasteiger partial charge in [0, 0.05) is 29.3 Å². The van der Waals surface area contributed by atoms with Crippen molar-refractivity contribution in [2.75, 3.05) is 18.2 Å². The fourth-order valence-corrected chi connectivity index (χ4v) is 2.68. The number of anilines is 2. The van der Waals surface area contributed by atoms with Crippen molar-refractivity contribution < 1.29 is 14.5 Å². The van der Waals surface area contributed by atoms with Crippen molar-refractivity contribution in [3.63, 3.8) is 0 Å². The molecule has 0 unspecified atom stereocenters. The van der Waals surface area contributed by atoms with E-state index in [2.05, 4.69) is 10.1 Å². The third kappa shape index (κ3) is 5.30. The largest absolute Gasteiger partial charge is 0.468 e.